The number of halogens is 6. The van der Waals surface area contributed by atoms with E-state index in [1.54, 1.807) is 18.2 Å². The van der Waals surface area contributed by atoms with E-state index < -0.39 is 55.9 Å². The number of amides is 1. The van der Waals surface area contributed by atoms with Gasteiger partial charge < -0.3 is 5.32 Å². The van der Waals surface area contributed by atoms with Gasteiger partial charge in [0.25, 0.3) is 5.91 Å². The first-order valence-electron chi connectivity index (χ1n) is 12.9. The minimum absolute atomic E-state index is 0.0238. The van der Waals surface area contributed by atoms with E-state index >= 15 is 0 Å². The number of nitrogens with zero attached hydrogens (tertiary/aromatic N) is 3. The summed E-state index contributed by atoms with van der Waals surface area (Å²) in [6.07, 6.45) is -8.45. The number of Topliss-reactive ketones (excluding diaryl/α,β-unsaturated/α-hetero) is 1. The van der Waals surface area contributed by atoms with Crippen LogP contribution in [0.3, 0.4) is 0 Å². The van der Waals surface area contributed by atoms with Crippen molar-refractivity contribution < 1.29 is 44.3 Å². The summed E-state index contributed by atoms with van der Waals surface area (Å²) in [6, 6.07) is 11.8. The van der Waals surface area contributed by atoms with Crippen molar-refractivity contribution >= 4 is 21.7 Å². The van der Waals surface area contributed by atoms with Crippen LogP contribution in [0, 0.1) is 5.92 Å². The van der Waals surface area contributed by atoms with Crippen LogP contribution < -0.4 is 5.32 Å². The van der Waals surface area contributed by atoms with Gasteiger partial charge in [-0.25, -0.2) is 13.1 Å². The van der Waals surface area contributed by atoms with Gasteiger partial charge in [-0.15, -0.1) is 0 Å². The van der Waals surface area contributed by atoms with E-state index in [2.05, 4.69) is 10.4 Å². The number of sulfonamides is 1. The average molecular weight is 617 g/mol. The van der Waals surface area contributed by atoms with E-state index in [4.69, 9.17) is 0 Å². The zero-order valence-corrected chi connectivity index (χ0v) is 22.8. The highest BCUT2D eigenvalue weighted by molar-refractivity contribution is 7.89. The Morgan fingerprint density at radius 1 is 0.905 bits per heavy atom. The number of ketones is 1. The maximum absolute atomic E-state index is 13.5. The van der Waals surface area contributed by atoms with Crippen LogP contribution in [0.5, 0.6) is 0 Å². The molecule has 1 aliphatic rings. The van der Waals surface area contributed by atoms with E-state index in [0.29, 0.717) is 11.8 Å². The summed E-state index contributed by atoms with van der Waals surface area (Å²) in [6.45, 7) is -0.388. The number of hydrogen-bond acceptors (Lipinski definition) is 5. The predicted octanol–water partition coefficient (Wildman–Crippen LogP) is 5.09. The molecule has 0 aliphatic carbocycles. The number of hydrogen-bond donors (Lipinski definition) is 1. The zero-order chi connectivity index (χ0) is 30.7. The molecule has 0 radical (unpaired) electrons. The summed E-state index contributed by atoms with van der Waals surface area (Å²) < 4.78 is 108. The Hall–Kier alpha value is -3.72. The highest BCUT2D eigenvalue weighted by atomic mass is 32.2. The van der Waals surface area contributed by atoms with Crippen LogP contribution in [-0.2, 0) is 27.2 Å². The van der Waals surface area contributed by atoms with Crippen molar-refractivity contribution in [1.29, 1.82) is 0 Å². The molecule has 226 valence electrons. The molecule has 1 fully saturated rings. The van der Waals surface area contributed by atoms with Crippen molar-refractivity contribution in [3.63, 3.8) is 0 Å². The molecule has 4 rings (SSSR count). The van der Waals surface area contributed by atoms with Crippen molar-refractivity contribution in [1.82, 2.24) is 19.4 Å². The lowest BCUT2D eigenvalue weighted by molar-refractivity contribution is -0.142. The van der Waals surface area contributed by atoms with E-state index in [9.17, 15) is 44.3 Å². The summed E-state index contributed by atoms with van der Waals surface area (Å²) in [5.74, 6) is -1.77. The number of aromatic nitrogens is 2. The molecular formula is C27H26F6N4O4S. The number of rotatable bonds is 9. The summed E-state index contributed by atoms with van der Waals surface area (Å²) >= 11 is 0. The van der Waals surface area contributed by atoms with Gasteiger partial charge in [0, 0.05) is 38.2 Å². The molecule has 42 heavy (non-hydrogen) atoms. The maximum Gasteiger partial charge on any atom is 0.435 e. The van der Waals surface area contributed by atoms with Crippen molar-refractivity contribution in [2.75, 3.05) is 19.6 Å². The van der Waals surface area contributed by atoms with Gasteiger partial charge in [0.2, 0.25) is 10.0 Å². The highest BCUT2D eigenvalue weighted by Crippen LogP contribution is 2.36. The van der Waals surface area contributed by atoms with Crippen LogP contribution in [-0.4, -0.2) is 53.8 Å². The molecule has 3 aromatic rings. The van der Waals surface area contributed by atoms with Crippen LogP contribution in [0.4, 0.5) is 26.3 Å². The lowest BCUT2D eigenvalue weighted by Gasteiger charge is -2.31. The van der Waals surface area contributed by atoms with Crippen LogP contribution in [0.25, 0.3) is 5.69 Å². The van der Waals surface area contributed by atoms with Gasteiger partial charge in [0.15, 0.2) is 5.69 Å². The molecule has 1 aliphatic heterocycles. The third kappa shape index (κ3) is 7.01. The third-order valence-corrected chi connectivity index (χ3v) is 8.81. The topological polar surface area (TPSA) is 101 Å². The molecule has 1 aromatic heterocycles. The Kier molecular flexibility index (Phi) is 9.11. The second-order valence-corrected chi connectivity index (χ2v) is 11.6. The van der Waals surface area contributed by atoms with E-state index in [1.807, 2.05) is 0 Å². The molecule has 1 N–H and O–H groups in total. The maximum atomic E-state index is 13.5. The number of alkyl halides is 6. The first-order chi connectivity index (χ1) is 19.7. The van der Waals surface area contributed by atoms with Gasteiger partial charge >= 0.3 is 12.4 Å². The highest BCUT2D eigenvalue weighted by Gasteiger charge is 2.41. The molecule has 0 spiro atoms. The third-order valence-electron chi connectivity index (χ3n) is 6.85. The van der Waals surface area contributed by atoms with Crippen LogP contribution in [0.15, 0.2) is 65.7 Å². The van der Waals surface area contributed by atoms with Crippen LogP contribution >= 0.6 is 0 Å². The number of para-hydroxylation sites is 1. The molecule has 2 aromatic carbocycles. The van der Waals surface area contributed by atoms with Crippen molar-refractivity contribution in [2.24, 2.45) is 5.92 Å². The molecule has 8 nitrogen and oxygen atoms in total. The molecule has 1 saturated heterocycles. The summed E-state index contributed by atoms with van der Waals surface area (Å²) in [5.41, 5.74) is -2.95. The Labute approximate surface area is 237 Å². The lowest BCUT2D eigenvalue weighted by Crippen LogP contribution is -2.40. The normalized spacial score (nSPS) is 15.5. The number of piperidine rings is 1. The van der Waals surface area contributed by atoms with Crippen LogP contribution in [0.2, 0.25) is 0 Å². The zero-order valence-electron chi connectivity index (χ0n) is 22.0. The van der Waals surface area contributed by atoms with Gasteiger partial charge in [0.05, 0.1) is 21.7 Å². The van der Waals surface area contributed by atoms with E-state index in [0.717, 1.165) is 27.3 Å². The summed E-state index contributed by atoms with van der Waals surface area (Å²) in [5, 5.41) is 5.90. The number of carbonyl (C=O) groups excluding carboxylic acids is 2. The fourth-order valence-corrected chi connectivity index (χ4v) is 6.39. The molecule has 0 atom stereocenters. The van der Waals surface area contributed by atoms with Gasteiger partial charge in [-0.1, -0.05) is 30.3 Å². The fourth-order valence-electron chi connectivity index (χ4n) is 4.71. The molecule has 15 heteroatoms. The molecular weight excluding hydrogens is 590 g/mol. The smallest absolute Gasteiger partial charge is 0.352 e. The first kappa shape index (κ1) is 31.2. The molecule has 0 bridgehead atoms. The minimum atomic E-state index is -4.88. The Bertz CT molecular complexity index is 1530. The molecule has 1 amide bonds. The second-order valence-electron chi connectivity index (χ2n) is 9.67. The summed E-state index contributed by atoms with van der Waals surface area (Å²) in [4.78, 5) is 24.4. The predicted molar refractivity (Wildman–Crippen MR) is 138 cm³/mol. The lowest BCUT2D eigenvalue weighted by atomic mass is 9.91. The van der Waals surface area contributed by atoms with E-state index in [1.165, 1.54) is 18.2 Å². The standard InChI is InChI=1S/C27H26F6N4O4S/c28-26(29,30)21-9-4-5-11-23(21)42(40,41)36-15-12-18(13-16-36)22(38)10-6-14-34-25(39)20-17-37(19-7-2-1-3-8-19)35-24(20)27(31,32)33/h1-5,7-9,11,17-18H,6,10,12-16H2,(H,34,39). The monoisotopic (exact) mass is 616 g/mol. The number of benzene rings is 2. The Morgan fingerprint density at radius 3 is 2.14 bits per heavy atom. The van der Waals surface area contributed by atoms with Crippen molar-refractivity contribution in [3.05, 3.63) is 77.6 Å². The number of nitrogens with one attached hydrogen (secondary N) is 1. The quantitative estimate of drug-likeness (QED) is 0.267. The van der Waals surface area contributed by atoms with Gasteiger partial charge in [0.1, 0.15) is 5.78 Å². The molecule has 0 unspecified atom stereocenters. The first-order valence-corrected chi connectivity index (χ1v) is 14.3. The average Bonchev–Trinajstić information content (AvgIpc) is 3.42. The van der Waals surface area contributed by atoms with Crippen LogP contribution in [0.1, 0.15) is 47.3 Å². The fraction of sp³-hybridized carbons (Fsp3) is 0.370. The molecule has 0 saturated carbocycles. The van der Waals surface area contributed by atoms with Crippen molar-refractivity contribution in [2.45, 2.75) is 42.9 Å². The summed E-state index contributed by atoms with van der Waals surface area (Å²) in [7, 11) is -4.44. The van der Waals surface area contributed by atoms with Gasteiger partial charge in [-0.3, -0.25) is 9.59 Å². The Balaban J connectivity index is 1.30. The SMILES string of the molecule is O=C(NCCCC(=O)C1CCN(S(=O)(=O)c2ccccc2C(F)(F)F)CC1)c1cn(-c2ccccc2)nc1C(F)(F)F. The van der Waals surface area contributed by atoms with Gasteiger partial charge in [-0.2, -0.15) is 35.7 Å². The minimum Gasteiger partial charge on any atom is -0.352 e. The molecule has 2 heterocycles. The van der Waals surface area contributed by atoms with Gasteiger partial charge in [-0.05, 0) is 43.5 Å². The van der Waals surface area contributed by atoms with Crippen molar-refractivity contribution in [3.8, 4) is 5.69 Å². The largest absolute Gasteiger partial charge is 0.435 e. The van der Waals surface area contributed by atoms with E-state index in [-0.39, 0.29) is 51.1 Å². The Morgan fingerprint density at radius 2 is 1.52 bits per heavy atom. The second kappa shape index (κ2) is 12.3. The number of carbonyl (C=O) groups is 2.